The fraction of sp³-hybridized carbons (Fsp3) is 0.259. The van der Waals surface area contributed by atoms with Gasteiger partial charge >= 0.3 is 6.18 Å². The van der Waals surface area contributed by atoms with Gasteiger partial charge < -0.3 is 9.30 Å². The van der Waals surface area contributed by atoms with E-state index >= 15 is 0 Å². The number of benzene rings is 3. The number of fused-ring (bicyclic) bond motifs is 1. The van der Waals surface area contributed by atoms with Gasteiger partial charge in [-0.05, 0) is 72.9 Å². The molecular weight excluding hydrogens is 545 g/mol. The molecule has 0 N–H and O–H groups in total. The van der Waals surface area contributed by atoms with Crippen molar-refractivity contribution < 1.29 is 35.1 Å². The molecule has 1 heterocycles. The first-order valence-electron chi connectivity index (χ1n) is 11.4. The van der Waals surface area contributed by atoms with E-state index in [1.165, 1.54) is 18.3 Å². The van der Waals surface area contributed by atoms with Crippen LogP contribution in [-0.2, 0) is 27.5 Å². The molecule has 204 valence electrons. The van der Waals surface area contributed by atoms with Crippen LogP contribution in [0.3, 0.4) is 0 Å². The number of rotatable bonds is 8. The zero-order chi connectivity index (χ0) is 27.9. The van der Waals surface area contributed by atoms with Crippen LogP contribution in [-0.4, -0.2) is 44.1 Å². The number of sulfone groups is 1. The van der Waals surface area contributed by atoms with Crippen LogP contribution in [0.25, 0.3) is 22.0 Å². The largest absolute Gasteiger partial charge is 0.416 e. The lowest BCUT2D eigenvalue weighted by molar-refractivity contribution is -0.137. The van der Waals surface area contributed by atoms with E-state index in [1.807, 2.05) is 0 Å². The summed E-state index contributed by atoms with van der Waals surface area (Å²) >= 11 is 0. The summed E-state index contributed by atoms with van der Waals surface area (Å²) in [6, 6.07) is 10.9. The SMILES string of the molecule is CS(C)(C)CCOCn1cc(S(=O)(=O)c2cccc(C(F)(F)F)c2)c2cc(-c3cc(F)ccc3F)ccc21. The molecule has 0 amide bonds. The third-order valence-electron chi connectivity index (χ3n) is 5.92. The fourth-order valence-corrected chi connectivity index (χ4v) is 6.04. The molecule has 0 radical (unpaired) electrons. The van der Waals surface area contributed by atoms with E-state index in [2.05, 4.69) is 18.8 Å². The Balaban J connectivity index is 1.85. The number of hydrogen-bond donors (Lipinski definition) is 0. The lowest BCUT2D eigenvalue weighted by Gasteiger charge is -2.24. The normalized spacial score (nSPS) is 13.3. The van der Waals surface area contributed by atoms with Crippen molar-refractivity contribution in [1.82, 2.24) is 4.57 Å². The summed E-state index contributed by atoms with van der Waals surface area (Å²) in [5, 5.41) is 0.147. The van der Waals surface area contributed by atoms with E-state index in [9.17, 15) is 30.4 Å². The third-order valence-corrected chi connectivity index (χ3v) is 9.09. The molecule has 3 aromatic carbocycles. The topological polar surface area (TPSA) is 48.3 Å². The van der Waals surface area contributed by atoms with Gasteiger partial charge in [-0.1, -0.05) is 12.1 Å². The quantitative estimate of drug-likeness (QED) is 0.167. The highest BCUT2D eigenvalue weighted by Gasteiger charge is 2.33. The predicted molar refractivity (Wildman–Crippen MR) is 140 cm³/mol. The average molecular weight is 572 g/mol. The van der Waals surface area contributed by atoms with Gasteiger partial charge in [0.1, 0.15) is 18.4 Å². The number of nitrogens with zero attached hydrogens (tertiary/aromatic N) is 1. The summed E-state index contributed by atoms with van der Waals surface area (Å²) in [4.78, 5) is -0.804. The van der Waals surface area contributed by atoms with Crippen LogP contribution < -0.4 is 0 Å². The molecule has 1 aromatic heterocycles. The molecular formula is C27H26F5NO3S2. The Morgan fingerprint density at radius 3 is 2.34 bits per heavy atom. The molecule has 4 rings (SSSR count). The molecule has 0 aliphatic heterocycles. The molecule has 0 saturated carbocycles. The van der Waals surface area contributed by atoms with Gasteiger partial charge in [0.15, 0.2) is 0 Å². The maximum absolute atomic E-state index is 14.5. The van der Waals surface area contributed by atoms with Gasteiger partial charge in [-0.25, -0.2) is 27.2 Å². The van der Waals surface area contributed by atoms with E-state index in [-0.39, 0.29) is 28.1 Å². The third kappa shape index (κ3) is 6.05. The first-order chi connectivity index (χ1) is 17.7. The van der Waals surface area contributed by atoms with Gasteiger partial charge in [0.2, 0.25) is 9.84 Å². The van der Waals surface area contributed by atoms with E-state index in [4.69, 9.17) is 4.74 Å². The van der Waals surface area contributed by atoms with Gasteiger partial charge in [0.05, 0.1) is 27.5 Å². The second kappa shape index (κ2) is 10.3. The molecule has 4 nitrogen and oxygen atoms in total. The van der Waals surface area contributed by atoms with Crippen molar-refractivity contribution in [2.24, 2.45) is 0 Å². The molecule has 0 aliphatic carbocycles. The average Bonchev–Trinajstić information content (AvgIpc) is 3.21. The van der Waals surface area contributed by atoms with Crippen LogP contribution in [0, 0.1) is 11.6 Å². The Bertz CT molecular complexity index is 1590. The van der Waals surface area contributed by atoms with Crippen molar-refractivity contribution in [2.75, 3.05) is 31.1 Å². The molecule has 38 heavy (non-hydrogen) atoms. The van der Waals surface area contributed by atoms with Gasteiger partial charge in [-0.15, -0.1) is 0 Å². The highest BCUT2D eigenvalue weighted by Crippen LogP contribution is 2.37. The first-order valence-corrected chi connectivity index (χ1v) is 15.9. The van der Waals surface area contributed by atoms with E-state index in [0.29, 0.717) is 18.2 Å². The molecule has 0 spiro atoms. The number of halogens is 5. The standard InChI is InChI=1S/C27H26F5NO3S2/c1-37(2,3)12-11-36-17-33-16-26(38(34,35)21-6-4-5-19(14-21)27(30,31)32)23-13-18(7-10-25(23)33)22-15-20(28)8-9-24(22)29/h4-10,13-16H,11-12,17H2,1-3H3. The molecule has 0 unspecified atom stereocenters. The van der Waals surface area contributed by atoms with Gasteiger partial charge in [-0.2, -0.15) is 13.2 Å². The molecule has 0 atom stereocenters. The summed E-state index contributed by atoms with van der Waals surface area (Å²) in [5.74, 6) is -0.560. The lowest BCUT2D eigenvalue weighted by Crippen LogP contribution is -2.09. The van der Waals surface area contributed by atoms with Crippen LogP contribution in [0.2, 0.25) is 0 Å². The van der Waals surface area contributed by atoms with Gasteiger partial charge in [0.25, 0.3) is 0 Å². The zero-order valence-electron chi connectivity index (χ0n) is 20.9. The van der Waals surface area contributed by atoms with Crippen LogP contribution in [0.15, 0.2) is 76.7 Å². The van der Waals surface area contributed by atoms with Crippen molar-refractivity contribution in [3.05, 3.63) is 84.1 Å². The Labute approximate surface area is 219 Å². The van der Waals surface area contributed by atoms with Crippen LogP contribution in [0.4, 0.5) is 22.0 Å². The smallest absolute Gasteiger partial charge is 0.360 e. The summed E-state index contributed by atoms with van der Waals surface area (Å²) < 4.78 is 103. The molecule has 11 heteroatoms. The van der Waals surface area contributed by atoms with Crippen molar-refractivity contribution in [3.63, 3.8) is 0 Å². The molecule has 4 aromatic rings. The lowest BCUT2D eigenvalue weighted by atomic mass is 10.0. The number of alkyl halides is 3. The first kappa shape index (κ1) is 28.1. The van der Waals surface area contributed by atoms with E-state index in [1.54, 1.807) is 10.6 Å². The van der Waals surface area contributed by atoms with Gasteiger partial charge in [0, 0.05) is 22.9 Å². The van der Waals surface area contributed by atoms with Crippen molar-refractivity contribution in [1.29, 1.82) is 0 Å². The number of ether oxygens (including phenoxy) is 1. The highest BCUT2D eigenvalue weighted by atomic mass is 32.3. The molecule has 0 aliphatic rings. The summed E-state index contributed by atoms with van der Waals surface area (Å²) in [6.07, 6.45) is 2.97. The Morgan fingerprint density at radius 1 is 0.921 bits per heavy atom. The minimum Gasteiger partial charge on any atom is -0.360 e. The minimum atomic E-state index is -4.73. The second-order valence-electron chi connectivity index (χ2n) is 9.68. The van der Waals surface area contributed by atoms with Crippen LogP contribution in [0.5, 0.6) is 0 Å². The van der Waals surface area contributed by atoms with Crippen LogP contribution >= 0.6 is 10.0 Å². The van der Waals surface area contributed by atoms with Gasteiger partial charge in [-0.3, -0.25) is 0 Å². The maximum atomic E-state index is 14.5. The number of aromatic nitrogens is 1. The zero-order valence-corrected chi connectivity index (χ0v) is 22.5. The van der Waals surface area contributed by atoms with Crippen molar-refractivity contribution >= 4 is 30.8 Å². The van der Waals surface area contributed by atoms with E-state index in [0.717, 1.165) is 42.2 Å². The summed E-state index contributed by atoms with van der Waals surface area (Å²) in [6.45, 7) is 0.429. The Morgan fingerprint density at radius 2 is 1.66 bits per heavy atom. The Hall–Kier alpha value is -2.89. The highest BCUT2D eigenvalue weighted by molar-refractivity contribution is 8.32. The number of hydrogen-bond acceptors (Lipinski definition) is 3. The van der Waals surface area contributed by atoms with Crippen LogP contribution in [0.1, 0.15) is 5.56 Å². The minimum absolute atomic E-state index is 0.00218. The monoisotopic (exact) mass is 571 g/mol. The maximum Gasteiger partial charge on any atom is 0.416 e. The Kier molecular flexibility index (Phi) is 7.66. The van der Waals surface area contributed by atoms with Crippen molar-refractivity contribution in [2.45, 2.75) is 22.7 Å². The molecule has 0 bridgehead atoms. The molecule has 0 fully saturated rings. The second-order valence-corrected chi connectivity index (χ2v) is 16.2. The van der Waals surface area contributed by atoms with Crippen molar-refractivity contribution in [3.8, 4) is 11.1 Å². The summed E-state index contributed by atoms with van der Waals surface area (Å²) in [7, 11) is -5.26. The van der Waals surface area contributed by atoms with E-state index < -0.39 is 48.1 Å². The fourth-order valence-electron chi connectivity index (χ4n) is 3.91. The molecule has 0 saturated heterocycles. The predicted octanol–water partition coefficient (Wildman–Crippen LogP) is 7.11. The summed E-state index contributed by atoms with van der Waals surface area (Å²) in [5.41, 5.74) is -0.548.